The second-order valence-electron chi connectivity index (χ2n) is 6.38. The molecule has 1 fully saturated rings. The van der Waals surface area contributed by atoms with Gasteiger partial charge in [-0.05, 0) is 37.6 Å². The minimum absolute atomic E-state index is 0.0634. The van der Waals surface area contributed by atoms with Crippen LogP contribution in [0.1, 0.15) is 32.3 Å². The van der Waals surface area contributed by atoms with E-state index in [1.54, 1.807) is 0 Å². The van der Waals surface area contributed by atoms with Crippen LogP contribution in [0.4, 0.5) is 0 Å². The fourth-order valence-corrected chi connectivity index (χ4v) is 2.73. The van der Waals surface area contributed by atoms with Crippen LogP contribution in [-0.2, 0) is 10.2 Å². The molecule has 1 amide bonds. The SMILES string of the molecule is CNCC1(C(=O)NCC(C)(C)c2ccc(Br)cc2)CC1. The average molecular weight is 339 g/mol. The third kappa shape index (κ3) is 3.41. The van der Waals surface area contributed by atoms with E-state index in [2.05, 4.69) is 52.5 Å². The number of benzene rings is 1. The summed E-state index contributed by atoms with van der Waals surface area (Å²) in [7, 11) is 1.90. The largest absolute Gasteiger partial charge is 0.355 e. The van der Waals surface area contributed by atoms with E-state index in [0.717, 1.165) is 23.9 Å². The topological polar surface area (TPSA) is 41.1 Å². The zero-order valence-corrected chi connectivity index (χ0v) is 14.0. The fourth-order valence-electron chi connectivity index (χ4n) is 2.47. The second-order valence-corrected chi connectivity index (χ2v) is 7.30. The molecule has 3 nitrogen and oxygen atoms in total. The maximum Gasteiger partial charge on any atom is 0.227 e. The smallest absolute Gasteiger partial charge is 0.227 e. The third-order valence-electron chi connectivity index (χ3n) is 4.17. The Balaban J connectivity index is 1.95. The van der Waals surface area contributed by atoms with Crippen LogP contribution in [0.2, 0.25) is 0 Å². The van der Waals surface area contributed by atoms with E-state index in [1.807, 2.05) is 19.2 Å². The summed E-state index contributed by atoms with van der Waals surface area (Å²) < 4.78 is 1.08. The van der Waals surface area contributed by atoms with Crippen molar-refractivity contribution in [1.82, 2.24) is 10.6 Å². The van der Waals surface area contributed by atoms with E-state index in [1.165, 1.54) is 5.56 Å². The van der Waals surface area contributed by atoms with Gasteiger partial charge in [0, 0.05) is 23.0 Å². The molecule has 2 N–H and O–H groups in total. The molecule has 0 aromatic heterocycles. The lowest BCUT2D eigenvalue weighted by atomic mass is 9.84. The molecule has 0 heterocycles. The van der Waals surface area contributed by atoms with Gasteiger partial charge >= 0.3 is 0 Å². The van der Waals surface area contributed by atoms with Gasteiger partial charge in [-0.2, -0.15) is 0 Å². The molecule has 1 saturated carbocycles. The predicted molar refractivity (Wildman–Crippen MR) is 85.8 cm³/mol. The first-order valence-corrected chi connectivity index (χ1v) is 7.88. The normalized spacial score (nSPS) is 16.8. The molecule has 0 saturated heterocycles. The minimum atomic E-state index is -0.148. The van der Waals surface area contributed by atoms with Crippen LogP contribution in [0.3, 0.4) is 0 Å². The van der Waals surface area contributed by atoms with E-state index < -0.39 is 0 Å². The molecule has 0 bridgehead atoms. The van der Waals surface area contributed by atoms with E-state index >= 15 is 0 Å². The Hall–Kier alpha value is -0.870. The number of halogens is 1. The highest BCUT2D eigenvalue weighted by molar-refractivity contribution is 9.10. The molecule has 1 aromatic carbocycles. The van der Waals surface area contributed by atoms with Crippen LogP contribution in [0, 0.1) is 5.41 Å². The minimum Gasteiger partial charge on any atom is -0.355 e. The third-order valence-corrected chi connectivity index (χ3v) is 4.70. The van der Waals surface area contributed by atoms with Crippen molar-refractivity contribution >= 4 is 21.8 Å². The summed E-state index contributed by atoms with van der Waals surface area (Å²) >= 11 is 3.45. The molecular formula is C16H23BrN2O. The zero-order valence-electron chi connectivity index (χ0n) is 12.4. The maximum atomic E-state index is 12.3. The number of rotatable bonds is 6. The van der Waals surface area contributed by atoms with Gasteiger partial charge in [-0.15, -0.1) is 0 Å². The van der Waals surface area contributed by atoms with Crippen molar-refractivity contribution in [2.24, 2.45) is 5.41 Å². The van der Waals surface area contributed by atoms with E-state index in [4.69, 9.17) is 0 Å². The van der Waals surface area contributed by atoms with Crippen LogP contribution in [0.5, 0.6) is 0 Å². The van der Waals surface area contributed by atoms with Crippen molar-refractivity contribution in [3.05, 3.63) is 34.3 Å². The summed E-state index contributed by atoms with van der Waals surface area (Å²) in [4.78, 5) is 12.3. The van der Waals surface area contributed by atoms with Gasteiger partial charge in [0.1, 0.15) is 0 Å². The first-order valence-electron chi connectivity index (χ1n) is 7.09. The van der Waals surface area contributed by atoms with Gasteiger partial charge in [0.2, 0.25) is 5.91 Å². The van der Waals surface area contributed by atoms with E-state index in [0.29, 0.717) is 6.54 Å². The first kappa shape index (κ1) is 15.5. The van der Waals surface area contributed by atoms with Crippen molar-refractivity contribution in [2.75, 3.05) is 20.1 Å². The average Bonchev–Trinajstić information content (AvgIpc) is 3.18. The Bertz CT molecular complexity index is 478. The van der Waals surface area contributed by atoms with Gasteiger partial charge in [-0.1, -0.05) is 41.9 Å². The standard InChI is InChI=1S/C16H23BrN2O/c1-15(2,12-4-6-13(17)7-5-12)10-19-14(20)16(8-9-16)11-18-3/h4-7,18H,8-11H2,1-3H3,(H,19,20). The van der Waals surface area contributed by atoms with Crippen molar-refractivity contribution in [3.63, 3.8) is 0 Å². The van der Waals surface area contributed by atoms with Gasteiger partial charge < -0.3 is 10.6 Å². The van der Waals surface area contributed by atoms with Crippen molar-refractivity contribution in [3.8, 4) is 0 Å². The molecule has 0 aliphatic heterocycles. The second kappa shape index (κ2) is 5.86. The highest BCUT2D eigenvalue weighted by Gasteiger charge is 2.49. The highest BCUT2D eigenvalue weighted by atomic mass is 79.9. The number of nitrogens with one attached hydrogen (secondary N) is 2. The lowest BCUT2D eigenvalue weighted by Gasteiger charge is -2.27. The molecule has 4 heteroatoms. The quantitative estimate of drug-likeness (QED) is 0.837. The van der Waals surface area contributed by atoms with Gasteiger partial charge in [-0.3, -0.25) is 4.79 Å². The number of hydrogen-bond acceptors (Lipinski definition) is 2. The highest BCUT2D eigenvalue weighted by Crippen LogP contribution is 2.45. The summed E-state index contributed by atoms with van der Waals surface area (Å²) in [6.07, 6.45) is 2.00. The first-order chi connectivity index (χ1) is 9.39. The number of amides is 1. The molecule has 1 aliphatic rings. The lowest BCUT2D eigenvalue weighted by molar-refractivity contribution is -0.126. The summed E-state index contributed by atoms with van der Waals surface area (Å²) in [5.74, 6) is 0.192. The van der Waals surface area contributed by atoms with Crippen molar-refractivity contribution < 1.29 is 4.79 Å². The van der Waals surface area contributed by atoms with E-state index in [-0.39, 0.29) is 16.7 Å². The van der Waals surface area contributed by atoms with Gasteiger partial charge in [0.05, 0.1) is 5.41 Å². The molecule has 2 rings (SSSR count). The van der Waals surface area contributed by atoms with Crippen LogP contribution in [0.15, 0.2) is 28.7 Å². The molecule has 0 radical (unpaired) electrons. The molecular weight excluding hydrogens is 316 g/mol. The molecule has 1 aromatic rings. The Morgan fingerprint density at radius 2 is 1.90 bits per heavy atom. The van der Waals surface area contributed by atoms with Crippen molar-refractivity contribution in [2.45, 2.75) is 32.1 Å². The van der Waals surface area contributed by atoms with Crippen molar-refractivity contribution in [1.29, 1.82) is 0 Å². The Kier molecular flexibility index (Phi) is 4.55. The number of carbonyl (C=O) groups is 1. The number of carbonyl (C=O) groups excluding carboxylic acids is 1. The predicted octanol–water partition coefficient (Wildman–Crippen LogP) is 2.84. The summed E-state index contributed by atoms with van der Waals surface area (Å²) in [5, 5.41) is 6.25. The molecule has 0 unspecified atom stereocenters. The zero-order chi connectivity index (χ0) is 14.8. The van der Waals surface area contributed by atoms with Crippen LogP contribution >= 0.6 is 15.9 Å². The van der Waals surface area contributed by atoms with Crippen LogP contribution in [0.25, 0.3) is 0 Å². The molecule has 20 heavy (non-hydrogen) atoms. The Morgan fingerprint density at radius 3 is 2.40 bits per heavy atom. The number of hydrogen-bond donors (Lipinski definition) is 2. The molecule has 0 atom stereocenters. The molecule has 0 spiro atoms. The lowest BCUT2D eigenvalue weighted by Crippen LogP contribution is -2.43. The van der Waals surface area contributed by atoms with Gasteiger partial charge in [0.25, 0.3) is 0 Å². The van der Waals surface area contributed by atoms with E-state index in [9.17, 15) is 4.79 Å². The molecule has 1 aliphatic carbocycles. The Labute approximate surface area is 129 Å². The summed E-state index contributed by atoms with van der Waals surface area (Å²) in [5.41, 5.74) is 1.02. The Morgan fingerprint density at radius 1 is 1.30 bits per heavy atom. The van der Waals surface area contributed by atoms with Gasteiger partial charge in [-0.25, -0.2) is 0 Å². The monoisotopic (exact) mass is 338 g/mol. The van der Waals surface area contributed by atoms with Crippen LogP contribution < -0.4 is 10.6 Å². The summed E-state index contributed by atoms with van der Waals surface area (Å²) in [6.45, 7) is 5.76. The van der Waals surface area contributed by atoms with Gasteiger partial charge in [0.15, 0.2) is 0 Å². The fraction of sp³-hybridized carbons (Fsp3) is 0.562. The maximum absolute atomic E-state index is 12.3. The molecule has 110 valence electrons. The van der Waals surface area contributed by atoms with Crippen LogP contribution in [-0.4, -0.2) is 26.0 Å². The summed E-state index contributed by atoms with van der Waals surface area (Å²) in [6, 6.07) is 8.30.